The van der Waals surface area contributed by atoms with Crippen LogP contribution in [0.4, 0.5) is 0 Å². The highest BCUT2D eigenvalue weighted by Gasteiger charge is 2.23. The Balaban J connectivity index is 2.10. The van der Waals surface area contributed by atoms with Gasteiger partial charge in [0.05, 0.1) is 5.52 Å². The predicted octanol–water partition coefficient (Wildman–Crippen LogP) is 4.44. The fourth-order valence-electron chi connectivity index (χ4n) is 2.81. The van der Waals surface area contributed by atoms with Crippen molar-refractivity contribution in [3.05, 3.63) is 59.5 Å². The number of benzene rings is 1. The van der Waals surface area contributed by atoms with E-state index in [-0.39, 0.29) is 5.92 Å². The van der Waals surface area contributed by atoms with Gasteiger partial charge in [-0.25, -0.2) is 9.97 Å². The number of fused-ring (bicyclic) bond motifs is 1. The number of H-pyrrole nitrogens is 1. The van der Waals surface area contributed by atoms with Crippen LogP contribution in [0, 0.1) is 12.8 Å². The van der Waals surface area contributed by atoms with Crippen LogP contribution < -0.4 is 0 Å². The summed E-state index contributed by atoms with van der Waals surface area (Å²) in [7, 11) is 0. The molecule has 0 aliphatic carbocycles. The number of hydrogen-bond donors (Lipinski definition) is 1. The Bertz CT molecular complexity index is 731. The van der Waals surface area contributed by atoms with Crippen molar-refractivity contribution in [2.24, 2.45) is 5.92 Å². The van der Waals surface area contributed by atoms with Gasteiger partial charge in [-0.3, -0.25) is 0 Å². The number of aryl methyl sites for hydroxylation is 1. The Morgan fingerprint density at radius 3 is 2.52 bits per heavy atom. The van der Waals surface area contributed by atoms with Crippen LogP contribution in [0.3, 0.4) is 0 Å². The van der Waals surface area contributed by atoms with E-state index in [1.54, 1.807) is 0 Å². The topological polar surface area (TPSA) is 41.6 Å². The van der Waals surface area contributed by atoms with E-state index >= 15 is 0 Å². The third kappa shape index (κ3) is 2.68. The summed E-state index contributed by atoms with van der Waals surface area (Å²) in [5, 5.41) is 0. The van der Waals surface area contributed by atoms with Gasteiger partial charge in [0, 0.05) is 11.6 Å². The predicted molar refractivity (Wildman–Crippen MR) is 86.4 cm³/mol. The number of hydrogen-bond acceptors (Lipinski definition) is 2. The second-order valence-corrected chi connectivity index (χ2v) is 5.72. The van der Waals surface area contributed by atoms with Crippen molar-refractivity contribution in [2.45, 2.75) is 33.1 Å². The molecule has 1 N–H and O–H groups in total. The molecular formula is C18H21N3. The molecule has 3 rings (SSSR count). The highest BCUT2D eigenvalue weighted by atomic mass is 15.0. The first-order chi connectivity index (χ1) is 10.2. The summed E-state index contributed by atoms with van der Waals surface area (Å²) in [6.07, 6.45) is 1.11. The second-order valence-electron chi connectivity index (χ2n) is 5.72. The van der Waals surface area contributed by atoms with Crippen LogP contribution in [-0.4, -0.2) is 15.0 Å². The minimum Gasteiger partial charge on any atom is -0.340 e. The zero-order valence-corrected chi connectivity index (χ0v) is 12.8. The Labute approximate surface area is 125 Å². The van der Waals surface area contributed by atoms with Crippen molar-refractivity contribution in [3.63, 3.8) is 0 Å². The molecule has 2 unspecified atom stereocenters. The van der Waals surface area contributed by atoms with E-state index in [1.807, 2.05) is 13.0 Å². The molecule has 0 amide bonds. The van der Waals surface area contributed by atoms with Gasteiger partial charge in [-0.05, 0) is 30.5 Å². The van der Waals surface area contributed by atoms with Gasteiger partial charge in [0.25, 0.3) is 0 Å². The molecule has 0 bridgehead atoms. The van der Waals surface area contributed by atoms with Crippen LogP contribution in [0.1, 0.15) is 43.3 Å². The normalized spacial score (nSPS) is 14.2. The van der Waals surface area contributed by atoms with Gasteiger partial charge >= 0.3 is 0 Å². The lowest BCUT2D eigenvalue weighted by molar-refractivity contribution is 0.482. The summed E-state index contributed by atoms with van der Waals surface area (Å²) >= 11 is 0. The molecule has 0 spiro atoms. The van der Waals surface area contributed by atoms with E-state index in [1.165, 1.54) is 5.56 Å². The summed E-state index contributed by atoms with van der Waals surface area (Å²) in [4.78, 5) is 12.7. The quantitative estimate of drug-likeness (QED) is 0.767. The van der Waals surface area contributed by atoms with Crippen LogP contribution in [0.5, 0.6) is 0 Å². The summed E-state index contributed by atoms with van der Waals surface area (Å²) in [5.41, 5.74) is 4.14. The van der Waals surface area contributed by atoms with Crippen molar-refractivity contribution < 1.29 is 0 Å². The van der Waals surface area contributed by atoms with Gasteiger partial charge in [0.2, 0.25) is 0 Å². The monoisotopic (exact) mass is 279 g/mol. The molecule has 21 heavy (non-hydrogen) atoms. The van der Waals surface area contributed by atoms with Crippen molar-refractivity contribution in [3.8, 4) is 0 Å². The molecule has 0 aliphatic heterocycles. The third-order valence-electron chi connectivity index (χ3n) is 4.17. The van der Waals surface area contributed by atoms with Crippen molar-refractivity contribution in [2.75, 3.05) is 0 Å². The van der Waals surface area contributed by atoms with Crippen molar-refractivity contribution in [1.29, 1.82) is 0 Å². The fraction of sp³-hybridized carbons (Fsp3) is 0.333. The number of aromatic nitrogens is 3. The number of imidazole rings is 1. The molecule has 0 aliphatic rings. The average molecular weight is 279 g/mol. The van der Waals surface area contributed by atoms with Crippen LogP contribution in [0.15, 0.2) is 42.5 Å². The van der Waals surface area contributed by atoms with Gasteiger partial charge in [0.15, 0.2) is 5.65 Å². The highest BCUT2D eigenvalue weighted by molar-refractivity contribution is 5.70. The smallest absolute Gasteiger partial charge is 0.177 e. The molecule has 0 saturated carbocycles. The first-order valence-electron chi connectivity index (χ1n) is 7.57. The van der Waals surface area contributed by atoms with E-state index in [9.17, 15) is 0 Å². The SMILES string of the molecule is CCC(C)C(c1ccccc1)c1nc2nc(C)ccc2[nH]1. The van der Waals surface area contributed by atoms with Crippen LogP contribution >= 0.6 is 0 Å². The number of rotatable bonds is 4. The molecular weight excluding hydrogens is 258 g/mol. The van der Waals surface area contributed by atoms with Gasteiger partial charge in [-0.1, -0.05) is 50.6 Å². The second kappa shape index (κ2) is 5.68. The van der Waals surface area contributed by atoms with Crippen LogP contribution in [-0.2, 0) is 0 Å². The van der Waals surface area contributed by atoms with Gasteiger partial charge in [-0.2, -0.15) is 0 Å². The van der Waals surface area contributed by atoms with E-state index < -0.39 is 0 Å². The van der Waals surface area contributed by atoms with Crippen LogP contribution in [0.2, 0.25) is 0 Å². The van der Waals surface area contributed by atoms with E-state index in [2.05, 4.69) is 60.2 Å². The van der Waals surface area contributed by atoms with Gasteiger partial charge in [-0.15, -0.1) is 0 Å². The molecule has 2 heterocycles. The van der Waals surface area contributed by atoms with E-state index in [0.717, 1.165) is 29.1 Å². The van der Waals surface area contributed by atoms with Crippen molar-refractivity contribution >= 4 is 11.2 Å². The summed E-state index contributed by atoms with van der Waals surface area (Å²) in [5.74, 6) is 1.82. The summed E-state index contributed by atoms with van der Waals surface area (Å²) < 4.78 is 0. The standard InChI is InChI=1S/C18H21N3/c1-4-12(2)16(14-8-6-5-7-9-14)18-20-15-11-10-13(3)19-17(15)21-18/h5-12,16H,4H2,1-3H3,(H,19,20,21). The van der Waals surface area contributed by atoms with Gasteiger partial charge < -0.3 is 4.98 Å². The van der Waals surface area contributed by atoms with E-state index in [4.69, 9.17) is 4.98 Å². The molecule has 2 atom stereocenters. The Morgan fingerprint density at radius 1 is 1.05 bits per heavy atom. The number of nitrogens with one attached hydrogen (secondary N) is 1. The fourth-order valence-corrected chi connectivity index (χ4v) is 2.81. The van der Waals surface area contributed by atoms with E-state index in [0.29, 0.717) is 5.92 Å². The number of pyridine rings is 1. The molecule has 0 fully saturated rings. The zero-order chi connectivity index (χ0) is 14.8. The molecule has 108 valence electrons. The Kier molecular flexibility index (Phi) is 3.74. The minimum absolute atomic E-state index is 0.283. The molecule has 3 nitrogen and oxygen atoms in total. The summed E-state index contributed by atoms with van der Waals surface area (Å²) in [6, 6.07) is 14.7. The van der Waals surface area contributed by atoms with Crippen molar-refractivity contribution in [1.82, 2.24) is 15.0 Å². The maximum atomic E-state index is 4.75. The Morgan fingerprint density at radius 2 is 1.81 bits per heavy atom. The lowest BCUT2D eigenvalue weighted by Crippen LogP contribution is -2.12. The highest BCUT2D eigenvalue weighted by Crippen LogP contribution is 2.32. The molecule has 3 heteroatoms. The van der Waals surface area contributed by atoms with Gasteiger partial charge in [0.1, 0.15) is 5.82 Å². The zero-order valence-electron chi connectivity index (χ0n) is 12.8. The maximum absolute atomic E-state index is 4.75. The minimum atomic E-state index is 0.283. The molecule has 3 aromatic rings. The largest absolute Gasteiger partial charge is 0.340 e. The first kappa shape index (κ1) is 13.8. The Hall–Kier alpha value is -2.16. The molecule has 0 radical (unpaired) electrons. The number of aromatic amines is 1. The molecule has 2 aromatic heterocycles. The lowest BCUT2D eigenvalue weighted by atomic mass is 9.85. The third-order valence-corrected chi connectivity index (χ3v) is 4.17. The maximum Gasteiger partial charge on any atom is 0.177 e. The molecule has 1 aromatic carbocycles. The van der Waals surface area contributed by atoms with Crippen LogP contribution in [0.25, 0.3) is 11.2 Å². The average Bonchev–Trinajstić information content (AvgIpc) is 2.90. The number of nitrogens with zero attached hydrogens (tertiary/aromatic N) is 2. The molecule has 0 saturated heterocycles. The summed E-state index contributed by atoms with van der Waals surface area (Å²) in [6.45, 7) is 6.51. The lowest BCUT2D eigenvalue weighted by Gasteiger charge is -2.21. The first-order valence-corrected chi connectivity index (χ1v) is 7.57.